The molecule has 0 bridgehead atoms. The zero-order chi connectivity index (χ0) is 8.39. The first-order valence-corrected chi connectivity index (χ1v) is 3.90. The molecule has 0 aromatic carbocycles. The molecule has 1 fully saturated rings. The number of hydrogen-bond donors (Lipinski definition) is 1. The van der Waals surface area contributed by atoms with Crippen LogP contribution in [-0.2, 0) is 9.47 Å². The maximum atomic E-state index is 5.41. The highest BCUT2D eigenvalue weighted by Crippen LogP contribution is 2.25. The van der Waals surface area contributed by atoms with E-state index < -0.39 is 0 Å². The lowest BCUT2D eigenvalue weighted by molar-refractivity contribution is -0.0528. The van der Waals surface area contributed by atoms with Crippen LogP contribution in [0.5, 0.6) is 0 Å². The van der Waals surface area contributed by atoms with Crippen molar-refractivity contribution in [2.45, 2.75) is 12.4 Å². The quantitative estimate of drug-likeness (QED) is 0.706. The van der Waals surface area contributed by atoms with Gasteiger partial charge < -0.3 is 19.6 Å². The predicted molar refractivity (Wildman–Crippen MR) is 41.3 cm³/mol. The molecule has 0 aliphatic carbocycles. The average Bonchev–Trinajstić information content (AvgIpc) is 2.75. The lowest BCUT2D eigenvalue weighted by Gasteiger charge is -2.06. The minimum Gasteiger partial charge on any atom is -0.466 e. The molecule has 1 aromatic rings. The SMILES string of the molecule is NCC1OCC(c2ccco2)O1. The highest BCUT2D eigenvalue weighted by molar-refractivity contribution is 5.03. The third-order valence-electron chi connectivity index (χ3n) is 1.80. The van der Waals surface area contributed by atoms with Crippen LogP contribution in [-0.4, -0.2) is 19.4 Å². The summed E-state index contributed by atoms with van der Waals surface area (Å²) in [5, 5.41) is 0. The normalized spacial score (nSPS) is 29.4. The van der Waals surface area contributed by atoms with Gasteiger partial charge >= 0.3 is 0 Å². The van der Waals surface area contributed by atoms with E-state index in [1.807, 2.05) is 12.1 Å². The van der Waals surface area contributed by atoms with Crippen molar-refractivity contribution in [1.29, 1.82) is 0 Å². The Morgan fingerprint density at radius 2 is 2.50 bits per heavy atom. The maximum absolute atomic E-state index is 5.41. The van der Waals surface area contributed by atoms with Gasteiger partial charge in [-0.05, 0) is 12.1 Å². The van der Waals surface area contributed by atoms with Gasteiger partial charge in [-0.15, -0.1) is 0 Å². The van der Waals surface area contributed by atoms with Gasteiger partial charge in [0.05, 0.1) is 12.9 Å². The molecule has 2 atom stereocenters. The van der Waals surface area contributed by atoms with Crippen LogP contribution >= 0.6 is 0 Å². The molecule has 0 radical (unpaired) electrons. The molecule has 1 saturated heterocycles. The molecule has 0 amide bonds. The van der Waals surface area contributed by atoms with Gasteiger partial charge in [0.1, 0.15) is 11.9 Å². The highest BCUT2D eigenvalue weighted by atomic mass is 16.7. The first kappa shape index (κ1) is 7.79. The first-order chi connectivity index (χ1) is 5.90. The fourth-order valence-electron chi connectivity index (χ4n) is 1.20. The van der Waals surface area contributed by atoms with Crippen molar-refractivity contribution >= 4 is 0 Å². The molecule has 0 saturated carbocycles. The molecule has 4 nitrogen and oxygen atoms in total. The van der Waals surface area contributed by atoms with Gasteiger partial charge in [-0.1, -0.05) is 0 Å². The minimum absolute atomic E-state index is 0.0893. The maximum Gasteiger partial charge on any atom is 0.170 e. The first-order valence-electron chi connectivity index (χ1n) is 3.90. The van der Waals surface area contributed by atoms with Crippen molar-refractivity contribution in [3.05, 3.63) is 24.2 Å². The number of furan rings is 1. The van der Waals surface area contributed by atoms with Crippen molar-refractivity contribution in [1.82, 2.24) is 0 Å². The summed E-state index contributed by atoms with van der Waals surface area (Å²) >= 11 is 0. The van der Waals surface area contributed by atoms with Crippen LogP contribution in [0.25, 0.3) is 0 Å². The second kappa shape index (κ2) is 3.26. The van der Waals surface area contributed by atoms with E-state index in [2.05, 4.69) is 0 Å². The summed E-state index contributed by atoms with van der Waals surface area (Å²) in [5.41, 5.74) is 5.37. The summed E-state index contributed by atoms with van der Waals surface area (Å²) in [5.74, 6) is 0.797. The summed E-state index contributed by atoms with van der Waals surface area (Å²) in [6.45, 7) is 0.909. The third-order valence-corrected chi connectivity index (χ3v) is 1.80. The monoisotopic (exact) mass is 169 g/mol. The Kier molecular flexibility index (Phi) is 2.12. The molecule has 2 rings (SSSR count). The van der Waals surface area contributed by atoms with E-state index in [-0.39, 0.29) is 12.4 Å². The summed E-state index contributed by atoms with van der Waals surface area (Å²) < 4.78 is 15.8. The summed E-state index contributed by atoms with van der Waals surface area (Å²) in [7, 11) is 0. The molecule has 2 unspecified atom stereocenters. The fourth-order valence-corrected chi connectivity index (χ4v) is 1.20. The van der Waals surface area contributed by atoms with Gasteiger partial charge in [0.25, 0.3) is 0 Å². The topological polar surface area (TPSA) is 57.6 Å². The van der Waals surface area contributed by atoms with E-state index in [1.54, 1.807) is 6.26 Å². The second-order valence-corrected chi connectivity index (χ2v) is 2.64. The van der Waals surface area contributed by atoms with E-state index in [9.17, 15) is 0 Å². The van der Waals surface area contributed by atoms with Gasteiger partial charge in [0.15, 0.2) is 6.29 Å². The highest BCUT2D eigenvalue weighted by Gasteiger charge is 2.27. The smallest absolute Gasteiger partial charge is 0.170 e. The van der Waals surface area contributed by atoms with Crippen molar-refractivity contribution in [3.8, 4) is 0 Å². The minimum atomic E-state index is -0.278. The molecule has 12 heavy (non-hydrogen) atoms. The van der Waals surface area contributed by atoms with E-state index in [1.165, 1.54) is 0 Å². The molecule has 66 valence electrons. The fraction of sp³-hybridized carbons (Fsp3) is 0.500. The van der Waals surface area contributed by atoms with Gasteiger partial charge in [0, 0.05) is 6.54 Å². The molecule has 1 aromatic heterocycles. The van der Waals surface area contributed by atoms with Crippen LogP contribution in [0.1, 0.15) is 11.9 Å². The number of rotatable bonds is 2. The van der Waals surface area contributed by atoms with Crippen LogP contribution in [0, 0.1) is 0 Å². The predicted octanol–water partition coefficient (Wildman–Crippen LogP) is 0.652. The van der Waals surface area contributed by atoms with Gasteiger partial charge in [0.2, 0.25) is 0 Å². The number of hydrogen-bond acceptors (Lipinski definition) is 4. The zero-order valence-electron chi connectivity index (χ0n) is 6.60. The molecule has 1 aliphatic heterocycles. The van der Waals surface area contributed by atoms with Crippen LogP contribution in [0.15, 0.2) is 22.8 Å². The summed E-state index contributed by atoms with van der Waals surface area (Å²) in [4.78, 5) is 0. The number of ether oxygens (including phenoxy) is 2. The molecule has 1 aliphatic rings. The van der Waals surface area contributed by atoms with Gasteiger partial charge in [-0.25, -0.2) is 0 Å². The van der Waals surface area contributed by atoms with Gasteiger partial charge in [-0.2, -0.15) is 0 Å². The summed E-state index contributed by atoms with van der Waals surface area (Å²) in [6, 6.07) is 3.70. The lowest BCUT2D eigenvalue weighted by Crippen LogP contribution is -2.20. The lowest BCUT2D eigenvalue weighted by atomic mass is 10.3. The largest absolute Gasteiger partial charge is 0.466 e. The van der Waals surface area contributed by atoms with E-state index in [0.717, 1.165) is 5.76 Å². The van der Waals surface area contributed by atoms with Crippen molar-refractivity contribution in [2.24, 2.45) is 5.73 Å². The van der Waals surface area contributed by atoms with E-state index in [0.29, 0.717) is 13.2 Å². The van der Waals surface area contributed by atoms with E-state index >= 15 is 0 Å². The van der Waals surface area contributed by atoms with Crippen LogP contribution in [0.3, 0.4) is 0 Å². The third kappa shape index (κ3) is 1.36. The molecular weight excluding hydrogens is 158 g/mol. The Hall–Kier alpha value is -0.840. The van der Waals surface area contributed by atoms with Crippen molar-refractivity contribution in [2.75, 3.05) is 13.2 Å². The van der Waals surface area contributed by atoms with Crippen molar-refractivity contribution < 1.29 is 13.9 Å². The summed E-state index contributed by atoms with van der Waals surface area (Å²) in [6.07, 6.45) is 1.25. The molecule has 4 heteroatoms. The van der Waals surface area contributed by atoms with Crippen LogP contribution in [0.4, 0.5) is 0 Å². The Balaban J connectivity index is 2.00. The molecule has 0 spiro atoms. The standard InChI is InChI=1S/C8H11NO3/c9-4-8-11-5-7(12-8)6-2-1-3-10-6/h1-3,7-8H,4-5,9H2. The Labute approximate surface area is 70.2 Å². The van der Waals surface area contributed by atoms with Crippen LogP contribution in [0.2, 0.25) is 0 Å². The van der Waals surface area contributed by atoms with Gasteiger partial charge in [-0.3, -0.25) is 0 Å². The Morgan fingerprint density at radius 1 is 1.58 bits per heavy atom. The van der Waals surface area contributed by atoms with Crippen LogP contribution < -0.4 is 5.73 Å². The second-order valence-electron chi connectivity index (χ2n) is 2.64. The molecular formula is C8H11NO3. The van der Waals surface area contributed by atoms with E-state index in [4.69, 9.17) is 19.6 Å². The molecule has 2 heterocycles. The Bertz CT molecular complexity index is 234. The van der Waals surface area contributed by atoms with Crippen molar-refractivity contribution in [3.63, 3.8) is 0 Å². The Morgan fingerprint density at radius 3 is 3.08 bits per heavy atom. The number of nitrogens with two attached hydrogens (primary N) is 1. The molecule has 2 N–H and O–H groups in total. The zero-order valence-corrected chi connectivity index (χ0v) is 6.60. The average molecular weight is 169 g/mol.